The average Bonchev–Trinajstić information content (AvgIpc) is 3.50. The van der Waals surface area contributed by atoms with Crippen LogP contribution >= 0.6 is 0 Å². The van der Waals surface area contributed by atoms with Crippen molar-refractivity contribution in [3.05, 3.63) is 72.2 Å². The Morgan fingerprint density at radius 3 is 2.27 bits per heavy atom. The number of aromatic amines is 2. The fourth-order valence-corrected chi connectivity index (χ4v) is 6.79. The Labute approximate surface area is 213 Å². The summed E-state index contributed by atoms with van der Waals surface area (Å²) in [4.78, 5) is 16.4. The number of benzene rings is 3. The number of aromatic nitrogens is 4. The summed E-state index contributed by atoms with van der Waals surface area (Å²) in [5, 5.41) is 9.51. The van der Waals surface area contributed by atoms with E-state index >= 15 is 4.39 Å². The molecule has 0 unspecified atom stereocenters. The Hall–Kier alpha value is -3.55. The summed E-state index contributed by atoms with van der Waals surface area (Å²) in [6.07, 6.45) is 6.63. The zero-order valence-corrected chi connectivity index (χ0v) is 20.3. The summed E-state index contributed by atoms with van der Waals surface area (Å²) >= 11 is 0. The highest BCUT2D eigenvalue weighted by molar-refractivity contribution is 6.05. The quantitative estimate of drug-likeness (QED) is 0.258. The number of piperidine rings is 2. The molecule has 4 heterocycles. The predicted octanol–water partition coefficient (Wildman–Crippen LogP) is 5.76. The molecule has 7 heteroatoms. The maximum Gasteiger partial charge on any atom is 0.133 e. The smallest absolute Gasteiger partial charge is 0.133 e. The Morgan fingerprint density at radius 1 is 0.757 bits per heavy atom. The Morgan fingerprint density at radius 2 is 1.51 bits per heavy atom. The van der Waals surface area contributed by atoms with Crippen LogP contribution in [0.4, 0.5) is 4.39 Å². The van der Waals surface area contributed by atoms with E-state index in [4.69, 9.17) is 4.98 Å². The van der Waals surface area contributed by atoms with Gasteiger partial charge in [-0.2, -0.15) is 0 Å². The molecule has 4 N–H and O–H groups in total. The van der Waals surface area contributed by atoms with Crippen molar-refractivity contribution >= 4 is 21.8 Å². The normalized spacial score (nSPS) is 29.6. The van der Waals surface area contributed by atoms with Gasteiger partial charge in [0.05, 0.1) is 35.0 Å². The van der Waals surface area contributed by atoms with E-state index in [1.807, 2.05) is 12.1 Å². The lowest BCUT2D eigenvalue weighted by Crippen LogP contribution is -2.18. The van der Waals surface area contributed by atoms with E-state index in [2.05, 4.69) is 55.9 Å². The molecule has 0 amide bonds. The predicted molar refractivity (Wildman–Crippen MR) is 141 cm³/mol. The number of hydrogen-bond acceptors (Lipinski definition) is 4. The third-order valence-corrected chi connectivity index (χ3v) is 9.09. The van der Waals surface area contributed by atoms with E-state index in [0.717, 1.165) is 68.5 Å². The second-order valence-electron chi connectivity index (χ2n) is 11.5. The number of fused-ring (bicyclic) bond motifs is 5. The van der Waals surface area contributed by atoms with Crippen LogP contribution < -0.4 is 10.6 Å². The molecular formula is C30H27FN6. The zero-order chi connectivity index (χ0) is 24.2. The van der Waals surface area contributed by atoms with Gasteiger partial charge in [0.15, 0.2) is 0 Å². The highest BCUT2D eigenvalue weighted by Crippen LogP contribution is 2.46. The average molecular weight is 491 g/mol. The number of rotatable bonds is 4. The topological polar surface area (TPSA) is 81.4 Å². The van der Waals surface area contributed by atoms with E-state index in [1.54, 1.807) is 12.3 Å². The van der Waals surface area contributed by atoms with Crippen LogP contribution in [0, 0.1) is 17.7 Å². The van der Waals surface area contributed by atoms with Crippen molar-refractivity contribution < 1.29 is 4.39 Å². The van der Waals surface area contributed by atoms with E-state index < -0.39 is 0 Å². The lowest BCUT2D eigenvalue weighted by molar-refractivity contribution is 0.543. The largest absolute Gasteiger partial charge is 0.341 e. The molecule has 3 aromatic carbocycles. The zero-order valence-electron chi connectivity index (χ0n) is 20.3. The van der Waals surface area contributed by atoms with Crippen molar-refractivity contribution in [2.75, 3.05) is 0 Å². The molecule has 0 spiro atoms. The number of imidazole rings is 2. The van der Waals surface area contributed by atoms with Crippen LogP contribution in [0.3, 0.4) is 0 Å². The highest BCUT2D eigenvalue weighted by Gasteiger charge is 2.47. The summed E-state index contributed by atoms with van der Waals surface area (Å²) in [7, 11) is 0. The van der Waals surface area contributed by atoms with Crippen LogP contribution in [0.25, 0.3) is 44.2 Å². The molecule has 0 bridgehead atoms. The number of nitrogens with one attached hydrogen (secondary N) is 4. The molecule has 2 saturated heterocycles. The molecule has 0 radical (unpaired) electrons. The summed E-state index contributed by atoms with van der Waals surface area (Å²) in [6.45, 7) is 0. The van der Waals surface area contributed by atoms with Crippen LogP contribution in [0.2, 0.25) is 0 Å². The van der Waals surface area contributed by atoms with Crippen LogP contribution in [0.15, 0.2) is 54.7 Å². The van der Waals surface area contributed by atoms with Crippen LogP contribution in [-0.4, -0.2) is 32.0 Å². The maximum absolute atomic E-state index is 15.3. The molecule has 2 saturated carbocycles. The van der Waals surface area contributed by atoms with Gasteiger partial charge in [-0.3, -0.25) is 0 Å². The van der Waals surface area contributed by atoms with Crippen molar-refractivity contribution in [3.8, 4) is 22.4 Å². The van der Waals surface area contributed by atoms with Crippen LogP contribution in [-0.2, 0) is 0 Å². The lowest BCUT2D eigenvalue weighted by atomic mass is 9.99. The molecule has 2 aliphatic carbocycles. The molecule has 4 aliphatic rings. The fourth-order valence-electron chi connectivity index (χ4n) is 6.79. The van der Waals surface area contributed by atoms with E-state index in [-0.39, 0.29) is 11.9 Å². The SMILES string of the molecule is Fc1cc(-c2ccc3c(ccc4[nH]c([C@@H]5C[C@H]6C[C@H]6N5)nc43)c2)ccc1-c1cnc([C@@H]2C[C@H]3C[C@H]3N2)[nH]1. The first-order valence-corrected chi connectivity index (χ1v) is 13.5. The molecular weight excluding hydrogens is 463 g/mol. The third kappa shape index (κ3) is 3.23. The molecule has 6 nitrogen and oxygen atoms in total. The second kappa shape index (κ2) is 7.27. The lowest BCUT2D eigenvalue weighted by Gasteiger charge is -2.10. The van der Waals surface area contributed by atoms with Crippen molar-refractivity contribution in [2.45, 2.75) is 49.9 Å². The van der Waals surface area contributed by atoms with Crippen molar-refractivity contribution in [1.82, 2.24) is 30.6 Å². The van der Waals surface area contributed by atoms with Gasteiger partial charge in [-0.15, -0.1) is 0 Å². The van der Waals surface area contributed by atoms with Gasteiger partial charge in [0.2, 0.25) is 0 Å². The van der Waals surface area contributed by atoms with Gasteiger partial charge in [-0.25, -0.2) is 14.4 Å². The van der Waals surface area contributed by atoms with Gasteiger partial charge in [0, 0.05) is 23.0 Å². The maximum atomic E-state index is 15.3. The summed E-state index contributed by atoms with van der Waals surface area (Å²) < 4.78 is 15.3. The van der Waals surface area contributed by atoms with E-state index in [9.17, 15) is 0 Å². The first-order chi connectivity index (χ1) is 18.2. The molecule has 2 aromatic heterocycles. The first kappa shape index (κ1) is 20.5. The Balaban J connectivity index is 1.02. The van der Waals surface area contributed by atoms with Crippen LogP contribution in [0.5, 0.6) is 0 Å². The van der Waals surface area contributed by atoms with E-state index in [1.165, 1.54) is 19.3 Å². The summed E-state index contributed by atoms with van der Waals surface area (Å²) in [6, 6.07) is 18.0. The van der Waals surface area contributed by atoms with Crippen molar-refractivity contribution in [3.63, 3.8) is 0 Å². The highest BCUT2D eigenvalue weighted by atomic mass is 19.1. The number of halogens is 1. The molecule has 2 aliphatic heterocycles. The Bertz CT molecular complexity index is 1700. The molecule has 9 rings (SSSR count). The number of nitrogens with zero attached hydrogens (tertiary/aromatic N) is 2. The summed E-state index contributed by atoms with van der Waals surface area (Å²) in [5.74, 6) is 3.32. The monoisotopic (exact) mass is 490 g/mol. The van der Waals surface area contributed by atoms with Gasteiger partial charge in [-0.1, -0.05) is 24.3 Å². The minimum Gasteiger partial charge on any atom is -0.341 e. The fraction of sp³-hybridized carbons (Fsp3) is 0.333. The minimum absolute atomic E-state index is 0.246. The number of H-pyrrole nitrogens is 2. The molecule has 37 heavy (non-hydrogen) atoms. The second-order valence-corrected chi connectivity index (χ2v) is 11.5. The van der Waals surface area contributed by atoms with Gasteiger partial charge in [-0.05, 0) is 78.3 Å². The van der Waals surface area contributed by atoms with Gasteiger partial charge < -0.3 is 20.6 Å². The molecule has 184 valence electrons. The van der Waals surface area contributed by atoms with Crippen molar-refractivity contribution in [1.29, 1.82) is 0 Å². The minimum atomic E-state index is -0.246. The Kier molecular flexibility index (Phi) is 4.03. The summed E-state index contributed by atoms with van der Waals surface area (Å²) in [5.41, 5.74) is 5.20. The van der Waals surface area contributed by atoms with Gasteiger partial charge in [0.1, 0.15) is 17.5 Å². The van der Waals surface area contributed by atoms with Crippen LogP contribution in [0.1, 0.15) is 49.4 Å². The molecule has 4 fully saturated rings. The van der Waals surface area contributed by atoms with Gasteiger partial charge >= 0.3 is 0 Å². The van der Waals surface area contributed by atoms with Gasteiger partial charge in [0.25, 0.3) is 0 Å². The van der Waals surface area contributed by atoms with E-state index in [0.29, 0.717) is 23.7 Å². The first-order valence-electron chi connectivity index (χ1n) is 13.5. The number of hydrogen-bond donors (Lipinski definition) is 4. The standard InChI is InChI=1S/C30H27FN6/c31-21-8-15(2-5-20(21)27-13-32-29(36-27)25-11-17-9-23(17)33-25)14-1-4-19-16(7-14)3-6-22-28(19)37-30(35-22)26-12-18-10-24(18)34-26/h1-8,13,17-18,23-26,33-34H,9-12H2,(H,32,36)(H,35,37)/t17-,18-,23-,24-,25+,26+/m1/s1. The van der Waals surface area contributed by atoms with Crippen molar-refractivity contribution in [2.24, 2.45) is 11.8 Å². The molecule has 5 aromatic rings. The molecule has 6 atom stereocenters. The third-order valence-electron chi connectivity index (χ3n) is 9.09.